The lowest BCUT2D eigenvalue weighted by atomic mass is 10.0. The quantitative estimate of drug-likeness (QED) is 0.324. The van der Waals surface area contributed by atoms with E-state index in [1.807, 2.05) is 20.8 Å². The largest absolute Gasteiger partial charge is 0.396 e. The Morgan fingerprint density at radius 2 is 1.79 bits per heavy atom. The molecule has 3 rings (SSSR count). The maximum Gasteiger partial charge on any atom is 0.323 e. The minimum Gasteiger partial charge on any atom is -0.396 e. The Labute approximate surface area is 221 Å². The second kappa shape index (κ2) is 11.4. The number of aromatic nitrogens is 2. The van der Waals surface area contributed by atoms with Crippen LogP contribution in [0.2, 0.25) is 0 Å². The first-order valence-corrected chi connectivity index (χ1v) is 13.3. The van der Waals surface area contributed by atoms with Crippen molar-refractivity contribution in [3.05, 3.63) is 71.8 Å². The van der Waals surface area contributed by atoms with E-state index in [-0.39, 0.29) is 28.0 Å². The summed E-state index contributed by atoms with van der Waals surface area (Å²) in [6.07, 6.45) is 3.03. The number of carbonyl (C=O) groups excluding carboxylic acids is 1. The molecule has 6 N–H and O–H groups in total. The molecule has 0 saturated heterocycles. The Hall–Kier alpha value is -4.32. The molecule has 0 aliphatic carbocycles. The highest BCUT2D eigenvalue weighted by Gasteiger charge is 2.16. The van der Waals surface area contributed by atoms with Crippen LogP contribution in [0.25, 0.3) is 11.3 Å². The molecule has 200 valence electrons. The first-order chi connectivity index (χ1) is 17.8. The number of hydrogen-bond acceptors (Lipinski definition) is 8. The van der Waals surface area contributed by atoms with Gasteiger partial charge in [0.05, 0.1) is 33.3 Å². The molecule has 0 radical (unpaired) electrons. The van der Waals surface area contributed by atoms with Crippen LogP contribution in [-0.2, 0) is 9.84 Å². The van der Waals surface area contributed by atoms with Crippen molar-refractivity contribution >= 4 is 50.7 Å². The number of sulfone groups is 1. The van der Waals surface area contributed by atoms with Crippen molar-refractivity contribution in [1.29, 1.82) is 0 Å². The van der Waals surface area contributed by atoms with Crippen LogP contribution in [0.4, 0.5) is 26.5 Å². The molecule has 1 heterocycles. The number of aliphatic imine (C=N–C) groups is 1. The Balaban J connectivity index is 1.92. The van der Waals surface area contributed by atoms with Gasteiger partial charge in [0.1, 0.15) is 5.82 Å². The zero-order valence-electron chi connectivity index (χ0n) is 21.5. The molecule has 2 amide bonds. The summed E-state index contributed by atoms with van der Waals surface area (Å²) in [4.78, 5) is 25.3. The van der Waals surface area contributed by atoms with Crippen molar-refractivity contribution in [2.45, 2.75) is 38.1 Å². The molecular weight excluding hydrogens is 509 g/mol. The van der Waals surface area contributed by atoms with Gasteiger partial charge in [-0.1, -0.05) is 13.0 Å². The molecule has 12 heteroatoms. The minimum atomic E-state index is -3.37. The molecule has 38 heavy (non-hydrogen) atoms. The van der Waals surface area contributed by atoms with E-state index in [9.17, 15) is 17.6 Å². The molecule has 0 aliphatic rings. The highest BCUT2D eigenvalue weighted by Crippen LogP contribution is 2.26. The number of allylic oxidation sites excluding steroid dienone is 1. The van der Waals surface area contributed by atoms with E-state index in [2.05, 4.69) is 25.6 Å². The lowest BCUT2D eigenvalue weighted by molar-refractivity contribution is 0.262. The zero-order valence-corrected chi connectivity index (χ0v) is 22.3. The van der Waals surface area contributed by atoms with Gasteiger partial charge in [0.15, 0.2) is 9.84 Å². The SMILES string of the molecule is CCS(=O)(=O)c1ccc(NC(=O)Nc2cc(C(C=NC(C)(C)C)=C(N)c3ccnc(N)n3)ccc2F)cc1. The van der Waals surface area contributed by atoms with Crippen molar-refractivity contribution < 1.29 is 17.6 Å². The first-order valence-electron chi connectivity index (χ1n) is 11.6. The maximum atomic E-state index is 14.7. The summed E-state index contributed by atoms with van der Waals surface area (Å²) in [6.45, 7) is 7.27. The van der Waals surface area contributed by atoms with Gasteiger partial charge in [-0.15, -0.1) is 0 Å². The number of nitrogens with two attached hydrogens (primary N) is 2. The molecule has 0 spiro atoms. The van der Waals surface area contributed by atoms with Crippen molar-refractivity contribution in [1.82, 2.24) is 9.97 Å². The Bertz CT molecular complexity index is 1500. The predicted molar refractivity (Wildman–Crippen MR) is 149 cm³/mol. The fraction of sp³-hybridized carbons (Fsp3) is 0.231. The fourth-order valence-electron chi connectivity index (χ4n) is 3.21. The van der Waals surface area contributed by atoms with Crippen molar-refractivity contribution in [3.8, 4) is 0 Å². The normalized spacial score (nSPS) is 12.8. The number of halogens is 1. The van der Waals surface area contributed by atoms with Crippen LogP contribution in [0.15, 0.2) is 64.6 Å². The average molecular weight is 540 g/mol. The van der Waals surface area contributed by atoms with E-state index >= 15 is 0 Å². The second-order valence-electron chi connectivity index (χ2n) is 9.26. The third kappa shape index (κ3) is 7.35. The van der Waals surface area contributed by atoms with Crippen molar-refractivity contribution in [2.75, 3.05) is 22.1 Å². The highest BCUT2D eigenvalue weighted by atomic mass is 32.2. The van der Waals surface area contributed by atoms with Crippen LogP contribution >= 0.6 is 0 Å². The molecule has 0 atom stereocenters. The van der Waals surface area contributed by atoms with E-state index in [1.165, 1.54) is 48.7 Å². The van der Waals surface area contributed by atoms with Crippen molar-refractivity contribution in [3.63, 3.8) is 0 Å². The molecule has 10 nitrogen and oxygen atoms in total. The fourth-order valence-corrected chi connectivity index (χ4v) is 4.09. The van der Waals surface area contributed by atoms with Crippen LogP contribution in [0.1, 0.15) is 39.0 Å². The molecule has 2 aromatic carbocycles. The van der Waals surface area contributed by atoms with Crippen molar-refractivity contribution in [2.24, 2.45) is 10.7 Å². The van der Waals surface area contributed by atoms with Gasteiger partial charge in [-0.05, 0) is 68.8 Å². The van der Waals surface area contributed by atoms with E-state index in [1.54, 1.807) is 19.2 Å². The average Bonchev–Trinajstić information content (AvgIpc) is 2.85. The zero-order chi connectivity index (χ0) is 28.1. The molecular formula is C26H30FN7O3S. The van der Waals surface area contributed by atoms with E-state index in [4.69, 9.17) is 11.5 Å². The van der Waals surface area contributed by atoms with Gasteiger partial charge in [-0.2, -0.15) is 0 Å². The summed E-state index contributed by atoms with van der Waals surface area (Å²) >= 11 is 0. The Kier molecular flexibility index (Phi) is 8.46. The van der Waals surface area contributed by atoms with Gasteiger partial charge in [-0.3, -0.25) is 4.99 Å². The standard InChI is InChI=1S/C26H30FN7O3S/c1-5-38(36,37)18-9-7-17(8-10-18)32-25(35)34-22-14-16(6-11-20(22)27)19(15-31-26(2,3)4)23(28)21-12-13-30-24(29)33-21/h6-15H,5,28H2,1-4H3,(H2,29,30,33)(H2,32,34,35). The highest BCUT2D eigenvalue weighted by molar-refractivity contribution is 7.91. The number of rotatable bonds is 7. The van der Waals surface area contributed by atoms with Crippen LogP contribution in [-0.4, -0.2) is 41.9 Å². The number of urea groups is 1. The maximum absolute atomic E-state index is 14.7. The first kappa shape index (κ1) is 28.3. The molecule has 0 unspecified atom stereocenters. The number of nitrogens with zero attached hydrogens (tertiary/aromatic N) is 3. The molecule has 0 fully saturated rings. The van der Waals surface area contributed by atoms with Gasteiger partial charge in [0.2, 0.25) is 5.95 Å². The topological polar surface area (TPSA) is 165 Å². The number of benzene rings is 2. The molecule has 3 aromatic rings. The number of hydrogen-bond donors (Lipinski definition) is 4. The van der Waals surface area contributed by atoms with E-state index in [0.717, 1.165) is 0 Å². The summed E-state index contributed by atoms with van der Waals surface area (Å²) in [5, 5.41) is 5.03. The predicted octanol–water partition coefficient (Wildman–Crippen LogP) is 4.33. The van der Waals surface area contributed by atoms with Gasteiger partial charge in [0, 0.05) is 23.7 Å². The summed E-state index contributed by atoms with van der Waals surface area (Å²) in [6, 6.07) is 10.7. The third-order valence-electron chi connectivity index (χ3n) is 5.20. The molecule has 0 aliphatic heterocycles. The summed E-state index contributed by atoms with van der Waals surface area (Å²) in [5.41, 5.74) is 13.4. The minimum absolute atomic E-state index is 0.0380. The van der Waals surface area contributed by atoms with Gasteiger partial charge < -0.3 is 22.1 Å². The van der Waals surface area contributed by atoms with Crippen LogP contribution in [0.5, 0.6) is 0 Å². The number of carbonyl (C=O) groups is 1. The monoisotopic (exact) mass is 539 g/mol. The van der Waals surface area contributed by atoms with Gasteiger partial charge in [-0.25, -0.2) is 27.6 Å². The number of nitrogens with one attached hydrogen (secondary N) is 2. The van der Waals surface area contributed by atoms with Crippen LogP contribution < -0.4 is 22.1 Å². The van der Waals surface area contributed by atoms with Crippen LogP contribution in [0.3, 0.4) is 0 Å². The third-order valence-corrected chi connectivity index (χ3v) is 6.95. The smallest absolute Gasteiger partial charge is 0.323 e. The summed E-state index contributed by atoms with van der Waals surface area (Å²) < 4.78 is 38.6. The number of anilines is 3. The molecule has 1 aromatic heterocycles. The second-order valence-corrected chi connectivity index (χ2v) is 11.5. The summed E-state index contributed by atoms with van der Waals surface area (Å²) in [5.74, 6) is -0.677. The Morgan fingerprint density at radius 1 is 1.11 bits per heavy atom. The van der Waals surface area contributed by atoms with Crippen LogP contribution in [0, 0.1) is 5.82 Å². The molecule has 0 bridgehead atoms. The Morgan fingerprint density at radius 3 is 2.39 bits per heavy atom. The summed E-state index contributed by atoms with van der Waals surface area (Å²) in [7, 11) is -3.37. The lowest BCUT2D eigenvalue weighted by Crippen LogP contribution is -2.20. The van der Waals surface area contributed by atoms with E-state index in [0.29, 0.717) is 22.5 Å². The van der Waals surface area contributed by atoms with Gasteiger partial charge >= 0.3 is 6.03 Å². The van der Waals surface area contributed by atoms with Gasteiger partial charge in [0.25, 0.3) is 0 Å². The number of amides is 2. The number of nitrogen functional groups attached to an aromatic ring is 1. The lowest BCUT2D eigenvalue weighted by Gasteiger charge is -2.15. The van der Waals surface area contributed by atoms with E-state index < -0.39 is 27.2 Å². The molecule has 0 saturated carbocycles.